The Morgan fingerprint density at radius 1 is 1.36 bits per heavy atom. The molecule has 2 heterocycles. The predicted octanol–water partition coefficient (Wildman–Crippen LogP) is 2.12. The Labute approximate surface area is 131 Å². The van der Waals surface area contributed by atoms with Crippen LogP contribution in [0.2, 0.25) is 0 Å². The Morgan fingerprint density at radius 3 is 2.86 bits per heavy atom. The number of benzene rings is 1. The van der Waals surface area contributed by atoms with Gasteiger partial charge in [-0.25, -0.2) is 4.98 Å². The van der Waals surface area contributed by atoms with Gasteiger partial charge >= 0.3 is 0 Å². The molecule has 5 nitrogen and oxygen atoms in total. The second-order valence-corrected chi connectivity index (χ2v) is 6.05. The fourth-order valence-corrected chi connectivity index (χ4v) is 3.27. The first-order valence-corrected chi connectivity index (χ1v) is 7.97. The van der Waals surface area contributed by atoms with Gasteiger partial charge in [-0.15, -0.1) is 11.3 Å². The minimum absolute atomic E-state index is 0.126. The lowest BCUT2D eigenvalue weighted by atomic mass is 10.1. The van der Waals surface area contributed by atoms with Gasteiger partial charge in [0.15, 0.2) is 0 Å². The predicted molar refractivity (Wildman–Crippen MR) is 89.1 cm³/mol. The van der Waals surface area contributed by atoms with Crippen molar-refractivity contribution < 1.29 is 5.11 Å². The normalized spacial score (nSPS) is 12.6. The maximum Gasteiger partial charge on any atom is 0.260 e. The molecule has 0 bridgehead atoms. The molecule has 22 heavy (non-hydrogen) atoms. The second-order valence-electron chi connectivity index (χ2n) is 5.19. The average Bonchev–Trinajstić information content (AvgIpc) is 2.92. The van der Waals surface area contributed by atoms with E-state index in [1.165, 1.54) is 11.3 Å². The molecule has 3 N–H and O–H groups in total. The van der Waals surface area contributed by atoms with Gasteiger partial charge < -0.3 is 15.4 Å². The summed E-state index contributed by atoms with van der Waals surface area (Å²) in [4.78, 5) is 20.4. The SMILES string of the molecule is CC(O)CNCc1nc2scc(-c3ccccc3)c2c(=O)[nH]1. The first-order valence-electron chi connectivity index (χ1n) is 7.09. The largest absolute Gasteiger partial charge is 0.392 e. The molecule has 0 saturated heterocycles. The monoisotopic (exact) mass is 315 g/mol. The number of H-pyrrole nitrogens is 1. The maximum atomic E-state index is 12.4. The fourth-order valence-electron chi connectivity index (χ4n) is 2.31. The van der Waals surface area contributed by atoms with Crippen LogP contribution < -0.4 is 10.9 Å². The smallest absolute Gasteiger partial charge is 0.260 e. The van der Waals surface area contributed by atoms with Crippen molar-refractivity contribution >= 4 is 21.6 Å². The lowest BCUT2D eigenvalue weighted by Gasteiger charge is -2.06. The topological polar surface area (TPSA) is 78.0 Å². The van der Waals surface area contributed by atoms with Gasteiger partial charge in [0.05, 0.1) is 18.0 Å². The molecule has 3 rings (SSSR count). The van der Waals surface area contributed by atoms with Crippen LogP contribution in [0, 0.1) is 0 Å². The van der Waals surface area contributed by atoms with Crippen LogP contribution in [0.1, 0.15) is 12.7 Å². The standard InChI is InChI=1S/C16H17N3O2S/c1-10(20)7-17-8-13-18-15(21)14-12(9-22-16(14)19-13)11-5-3-2-4-6-11/h2-6,9-10,17,20H,7-8H2,1H3,(H,18,19,21). The van der Waals surface area contributed by atoms with Crippen LogP contribution >= 0.6 is 11.3 Å². The number of hydrogen-bond acceptors (Lipinski definition) is 5. The van der Waals surface area contributed by atoms with Crippen molar-refractivity contribution in [1.82, 2.24) is 15.3 Å². The van der Waals surface area contributed by atoms with Crippen LogP contribution in [0.5, 0.6) is 0 Å². The zero-order valence-corrected chi connectivity index (χ0v) is 13.0. The van der Waals surface area contributed by atoms with Crippen LogP contribution in [0.25, 0.3) is 21.3 Å². The molecule has 3 aromatic rings. The molecule has 0 aliphatic carbocycles. The summed E-state index contributed by atoms with van der Waals surface area (Å²) in [6, 6.07) is 9.83. The van der Waals surface area contributed by atoms with E-state index in [1.807, 2.05) is 35.7 Å². The molecule has 1 unspecified atom stereocenters. The number of nitrogens with zero attached hydrogens (tertiary/aromatic N) is 1. The van der Waals surface area contributed by atoms with Crippen molar-refractivity contribution in [3.05, 3.63) is 51.9 Å². The molecule has 0 amide bonds. The van der Waals surface area contributed by atoms with Crippen molar-refractivity contribution in [2.75, 3.05) is 6.54 Å². The molecule has 0 saturated carbocycles. The molecule has 2 aromatic heterocycles. The van der Waals surface area contributed by atoms with Gasteiger partial charge in [0.2, 0.25) is 0 Å². The molecule has 114 valence electrons. The van der Waals surface area contributed by atoms with E-state index < -0.39 is 6.10 Å². The van der Waals surface area contributed by atoms with Crippen LogP contribution in [0.3, 0.4) is 0 Å². The van der Waals surface area contributed by atoms with Crippen LogP contribution in [-0.2, 0) is 6.54 Å². The van der Waals surface area contributed by atoms with E-state index in [1.54, 1.807) is 6.92 Å². The van der Waals surface area contributed by atoms with E-state index in [0.717, 1.165) is 16.0 Å². The molecule has 0 aliphatic rings. The van der Waals surface area contributed by atoms with Crippen molar-refractivity contribution in [3.8, 4) is 11.1 Å². The number of hydrogen-bond donors (Lipinski definition) is 3. The summed E-state index contributed by atoms with van der Waals surface area (Å²) in [5.74, 6) is 0.583. The highest BCUT2D eigenvalue weighted by Gasteiger charge is 2.12. The molecule has 1 atom stereocenters. The Balaban J connectivity index is 1.95. The van der Waals surface area contributed by atoms with Crippen LogP contribution in [0.15, 0.2) is 40.5 Å². The number of aliphatic hydroxyl groups excluding tert-OH is 1. The summed E-state index contributed by atoms with van der Waals surface area (Å²) < 4.78 is 0. The van der Waals surface area contributed by atoms with Gasteiger partial charge in [0, 0.05) is 17.5 Å². The van der Waals surface area contributed by atoms with Gasteiger partial charge in [0.25, 0.3) is 5.56 Å². The van der Waals surface area contributed by atoms with E-state index in [0.29, 0.717) is 24.3 Å². The van der Waals surface area contributed by atoms with Gasteiger partial charge in [-0.2, -0.15) is 0 Å². The first kappa shape index (κ1) is 14.9. The average molecular weight is 315 g/mol. The maximum absolute atomic E-state index is 12.4. The van der Waals surface area contributed by atoms with Crippen LogP contribution in [-0.4, -0.2) is 27.7 Å². The van der Waals surface area contributed by atoms with Crippen molar-refractivity contribution in [1.29, 1.82) is 0 Å². The van der Waals surface area contributed by atoms with E-state index in [9.17, 15) is 9.90 Å². The van der Waals surface area contributed by atoms with Gasteiger partial charge in [0.1, 0.15) is 10.7 Å². The lowest BCUT2D eigenvalue weighted by Crippen LogP contribution is -2.26. The first-order chi connectivity index (χ1) is 10.6. The number of rotatable bonds is 5. The van der Waals surface area contributed by atoms with Crippen molar-refractivity contribution in [2.24, 2.45) is 0 Å². The summed E-state index contributed by atoms with van der Waals surface area (Å²) >= 11 is 1.47. The van der Waals surface area contributed by atoms with Gasteiger partial charge in [-0.05, 0) is 12.5 Å². The zero-order valence-electron chi connectivity index (χ0n) is 12.2. The molecule has 0 fully saturated rings. The lowest BCUT2D eigenvalue weighted by molar-refractivity contribution is 0.190. The third-order valence-electron chi connectivity index (χ3n) is 3.31. The number of aliphatic hydroxyl groups is 1. The highest BCUT2D eigenvalue weighted by molar-refractivity contribution is 7.17. The summed E-state index contributed by atoms with van der Waals surface area (Å²) in [5, 5.41) is 14.9. The van der Waals surface area contributed by atoms with E-state index in [2.05, 4.69) is 15.3 Å². The Kier molecular flexibility index (Phi) is 4.33. The Hall–Kier alpha value is -2.02. The number of aromatic amines is 1. The van der Waals surface area contributed by atoms with E-state index in [4.69, 9.17) is 0 Å². The van der Waals surface area contributed by atoms with Crippen molar-refractivity contribution in [3.63, 3.8) is 0 Å². The Bertz CT molecular complexity index is 824. The van der Waals surface area contributed by atoms with E-state index in [-0.39, 0.29) is 5.56 Å². The molecule has 0 spiro atoms. The number of fused-ring (bicyclic) bond motifs is 1. The van der Waals surface area contributed by atoms with E-state index >= 15 is 0 Å². The molecule has 0 aliphatic heterocycles. The summed E-state index contributed by atoms with van der Waals surface area (Å²) in [6.07, 6.45) is -0.429. The molecule has 1 aromatic carbocycles. The third kappa shape index (κ3) is 3.09. The molecule has 0 radical (unpaired) electrons. The third-order valence-corrected chi connectivity index (χ3v) is 4.18. The molecular formula is C16H17N3O2S. The highest BCUT2D eigenvalue weighted by atomic mass is 32.1. The number of thiophene rings is 1. The molecular weight excluding hydrogens is 298 g/mol. The minimum atomic E-state index is -0.429. The minimum Gasteiger partial charge on any atom is -0.392 e. The highest BCUT2D eigenvalue weighted by Crippen LogP contribution is 2.30. The zero-order chi connectivity index (χ0) is 15.5. The summed E-state index contributed by atoms with van der Waals surface area (Å²) in [5.41, 5.74) is 1.80. The number of nitrogens with one attached hydrogen (secondary N) is 2. The molecule has 6 heteroatoms. The summed E-state index contributed by atoms with van der Waals surface area (Å²) in [7, 11) is 0. The Morgan fingerprint density at radius 2 is 2.14 bits per heavy atom. The van der Waals surface area contributed by atoms with Crippen LogP contribution in [0.4, 0.5) is 0 Å². The van der Waals surface area contributed by atoms with Gasteiger partial charge in [-0.1, -0.05) is 30.3 Å². The van der Waals surface area contributed by atoms with Crippen molar-refractivity contribution in [2.45, 2.75) is 19.6 Å². The number of aromatic nitrogens is 2. The van der Waals surface area contributed by atoms with Gasteiger partial charge in [-0.3, -0.25) is 4.79 Å². The summed E-state index contributed by atoms with van der Waals surface area (Å²) in [6.45, 7) is 2.59. The fraction of sp³-hybridized carbons (Fsp3) is 0.250. The second kappa shape index (κ2) is 6.39. The quantitative estimate of drug-likeness (QED) is 0.674.